The number of amides is 2. The SMILES string of the molecule is CCCC1NC(=O)C(C)(C)N(CCCSCC)C1=O. The molecule has 1 atom stereocenters. The van der Waals surface area contributed by atoms with E-state index in [1.807, 2.05) is 32.5 Å². The highest BCUT2D eigenvalue weighted by Gasteiger charge is 2.45. The van der Waals surface area contributed by atoms with Crippen LogP contribution in [0.3, 0.4) is 0 Å². The third-order valence-corrected chi connectivity index (χ3v) is 4.54. The molecular weight excluding hydrogens is 260 g/mol. The van der Waals surface area contributed by atoms with Crippen LogP contribution in [0, 0.1) is 0 Å². The maximum Gasteiger partial charge on any atom is 0.246 e. The largest absolute Gasteiger partial charge is 0.342 e. The maximum atomic E-state index is 12.4. The standard InChI is InChI=1S/C14H26N2O2S/c1-5-8-11-12(17)16(9-7-10-19-6-2)14(3,4)13(18)15-11/h11H,5-10H2,1-4H3,(H,15,18). The summed E-state index contributed by atoms with van der Waals surface area (Å²) in [6.07, 6.45) is 2.57. The van der Waals surface area contributed by atoms with Crippen molar-refractivity contribution in [1.29, 1.82) is 0 Å². The summed E-state index contributed by atoms with van der Waals surface area (Å²) in [5.74, 6) is 2.17. The molecule has 1 saturated heterocycles. The summed E-state index contributed by atoms with van der Waals surface area (Å²) in [6, 6.07) is -0.329. The molecule has 2 amide bonds. The lowest BCUT2D eigenvalue weighted by Gasteiger charge is -2.44. The van der Waals surface area contributed by atoms with Crippen molar-refractivity contribution in [2.75, 3.05) is 18.1 Å². The van der Waals surface area contributed by atoms with Crippen LogP contribution in [-0.2, 0) is 9.59 Å². The van der Waals surface area contributed by atoms with Crippen LogP contribution in [0.1, 0.15) is 47.0 Å². The van der Waals surface area contributed by atoms with Crippen LogP contribution < -0.4 is 5.32 Å². The number of hydrogen-bond acceptors (Lipinski definition) is 3. The fourth-order valence-corrected chi connectivity index (χ4v) is 2.95. The van der Waals surface area contributed by atoms with Crippen molar-refractivity contribution in [2.24, 2.45) is 0 Å². The van der Waals surface area contributed by atoms with Gasteiger partial charge in [0, 0.05) is 6.54 Å². The Morgan fingerprint density at radius 3 is 2.58 bits per heavy atom. The molecule has 0 bridgehead atoms. The zero-order valence-corrected chi connectivity index (χ0v) is 13.3. The Bertz CT molecular complexity index is 331. The lowest BCUT2D eigenvalue weighted by Crippen LogP contribution is -2.68. The average molecular weight is 286 g/mol. The molecule has 1 fully saturated rings. The smallest absolute Gasteiger partial charge is 0.246 e. The molecular formula is C14H26N2O2S. The van der Waals surface area contributed by atoms with Gasteiger partial charge in [-0.25, -0.2) is 0 Å². The Morgan fingerprint density at radius 2 is 2.00 bits per heavy atom. The quantitative estimate of drug-likeness (QED) is 0.729. The van der Waals surface area contributed by atoms with Gasteiger partial charge in [0.1, 0.15) is 11.6 Å². The highest BCUT2D eigenvalue weighted by atomic mass is 32.2. The van der Waals surface area contributed by atoms with Crippen LogP contribution in [-0.4, -0.2) is 46.3 Å². The van der Waals surface area contributed by atoms with Gasteiger partial charge in [-0.1, -0.05) is 20.3 Å². The second-order valence-corrected chi connectivity index (χ2v) is 6.81. The van der Waals surface area contributed by atoms with Gasteiger partial charge in [-0.05, 0) is 38.2 Å². The van der Waals surface area contributed by atoms with Crippen LogP contribution in [0.4, 0.5) is 0 Å². The first kappa shape index (κ1) is 16.3. The second-order valence-electron chi connectivity index (χ2n) is 5.41. The number of thioether (sulfide) groups is 1. The second kappa shape index (κ2) is 7.17. The van der Waals surface area contributed by atoms with E-state index in [9.17, 15) is 9.59 Å². The minimum atomic E-state index is -0.724. The first-order valence-corrected chi connectivity index (χ1v) is 8.30. The van der Waals surface area contributed by atoms with Gasteiger partial charge >= 0.3 is 0 Å². The van der Waals surface area contributed by atoms with Gasteiger partial charge in [0.05, 0.1) is 0 Å². The molecule has 0 spiro atoms. The van der Waals surface area contributed by atoms with Crippen molar-refractivity contribution in [3.8, 4) is 0 Å². The molecule has 1 rings (SSSR count). The fourth-order valence-electron chi connectivity index (χ4n) is 2.33. The molecule has 19 heavy (non-hydrogen) atoms. The number of nitrogens with one attached hydrogen (secondary N) is 1. The summed E-state index contributed by atoms with van der Waals surface area (Å²) in [4.78, 5) is 26.3. The molecule has 4 nitrogen and oxygen atoms in total. The molecule has 5 heteroatoms. The number of nitrogens with zero attached hydrogens (tertiary/aromatic N) is 1. The minimum absolute atomic E-state index is 0.0336. The van der Waals surface area contributed by atoms with Crippen LogP contribution in [0.15, 0.2) is 0 Å². The molecule has 1 N–H and O–H groups in total. The summed E-state index contributed by atoms with van der Waals surface area (Å²) in [5, 5.41) is 2.85. The van der Waals surface area contributed by atoms with Gasteiger partial charge in [-0.3, -0.25) is 9.59 Å². The zero-order valence-electron chi connectivity index (χ0n) is 12.5. The molecule has 0 saturated carbocycles. The lowest BCUT2D eigenvalue weighted by molar-refractivity contribution is -0.155. The first-order chi connectivity index (χ1) is 8.95. The Kier molecular flexibility index (Phi) is 6.17. The molecule has 0 aromatic heterocycles. The van der Waals surface area contributed by atoms with Crippen molar-refractivity contribution >= 4 is 23.6 Å². The number of rotatable bonds is 7. The summed E-state index contributed by atoms with van der Waals surface area (Å²) < 4.78 is 0. The van der Waals surface area contributed by atoms with E-state index in [0.29, 0.717) is 6.54 Å². The third kappa shape index (κ3) is 3.88. The summed E-state index contributed by atoms with van der Waals surface area (Å²) in [6.45, 7) is 8.49. The van der Waals surface area contributed by atoms with Gasteiger partial charge in [0.15, 0.2) is 0 Å². The number of hydrogen-bond donors (Lipinski definition) is 1. The molecule has 1 aliphatic heterocycles. The zero-order chi connectivity index (χ0) is 14.5. The van der Waals surface area contributed by atoms with Crippen molar-refractivity contribution in [3.63, 3.8) is 0 Å². The van der Waals surface area contributed by atoms with E-state index >= 15 is 0 Å². The van der Waals surface area contributed by atoms with Crippen LogP contribution in [0.5, 0.6) is 0 Å². The molecule has 1 unspecified atom stereocenters. The van der Waals surface area contributed by atoms with Crippen molar-refractivity contribution in [3.05, 3.63) is 0 Å². The van der Waals surface area contributed by atoms with Crippen LogP contribution in [0.25, 0.3) is 0 Å². The topological polar surface area (TPSA) is 49.4 Å². The van der Waals surface area contributed by atoms with Gasteiger partial charge in [0.2, 0.25) is 11.8 Å². The molecule has 110 valence electrons. The first-order valence-electron chi connectivity index (χ1n) is 7.15. The van der Waals surface area contributed by atoms with E-state index in [4.69, 9.17) is 0 Å². The van der Waals surface area contributed by atoms with E-state index in [-0.39, 0.29) is 17.9 Å². The van der Waals surface area contributed by atoms with Crippen molar-refractivity contribution in [2.45, 2.75) is 58.5 Å². The minimum Gasteiger partial charge on any atom is -0.342 e. The van der Waals surface area contributed by atoms with E-state index < -0.39 is 5.54 Å². The Balaban J connectivity index is 2.70. The predicted octanol–water partition coefficient (Wildman–Crippen LogP) is 2.04. The number of carbonyl (C=O) groups excluding carboxylic acids is 2. The van der Waals surface area contributed by atoms with Crippen molar-refractivity contribution < 1.29 is 9.59 Å². The molecule has 1 heterocycles. The fraction of sp³-hybridized carbons (Fsp3) is 0.857. The number of piperazine rings is 1. The van der Waals surface area contributed by atoms with Crippen molar-refractivity contribution in [1.82, 2.24) is 10.2 Å². The van der Waals surface area contributed by atoms with E-state index in [1.165, 1.54) is 0 Å². The lowest BCUT2D eigenvalue weighted by atomic mass is 9.94. The summed E-state index contributed by atoms with van der Waals surface area (Å²) in [5.41, 5.74) is -0.724. The highest BCUT2D eigenvalue weighted by Crippen LogP contribution is 2.23. The Labute approximate surface area is 120 Å². The van der Waals surface area contributed by atoms with Gasteiger partial charge < -0.3 is 10.2 Å². The normalized spacial score (nSPS) is 22.5. The monoisotopic (exact) mass is 286 g/mol. The third-order valence-electron chi connectivity index (χ3n) is 3.55. The molecule has 0 aliphatic carbocycles. The Morgan fingerprint density at radius 1 is 1.32 bits per heavy atom. The van der Waals surface area contributed by atoms with Crippen LogP contribution in [0.2, 0.25) is 0 Å². The molecule has 0 radical (unpaired) electrons. The molecule has 1 aliphatic rings. The van der Waals surface area contributed by atoms with Gasteiger partial charge in [0.25, 0.3) is 0 Å². The van der Waals surface area contributed by atoms with Crippen LogP contribution >= 0.6 is 11.8 Å². The van der Waals surface area contributed by atoms with Gasteiger partial charge in [-0.2, -0.15) is 11.8 Å². The van der Waals surface area contributed by atoms with E-state index in [2.05, 4.69) is 12.2 Å². The van der Waals surface area contributed by atoms with Gasteiger partial charge in [-0.15, -0.1) is 0 Å². The predicted molar refractivity (Wildman–Crippen MR) is 80.2 cm³/mol. The average Bonchev–Trinajstić information content (AvgIpc) is 2.35. The molecule has 0 aromatic rings. The summed E-state index contributed by atoms with van der Waals surface area (Å²) in [7, 11) is 0. The van der Waals surface area contributed by atoms with E-state index in [0.717, 1.165) is 30.8 Å². The Hall–Kier alpha value is -0.710. The number of carbonyl (C=O) groups is 2. The highest BCUT2D eigenvalue weighted by molar-refractivity contribution is 7.99. The molecule has 0 aromatic carbocycles. The summed E-state index contributed by atoms with van der Waals surface area (Å²) >= 11 is 1.87. The van der Waals surface area contributed by atoms with E-state index in [1.54, 1.807) is 4.90 Å². The maximum absolute atomic E-state index is 12.4.